The van der Waals surface area contributed by atoms with E-state index in [1.807, 2.05) is 25.1 Å². The summed E-state index contributed by atoms with van der Waals surface area (Å²) in [4.78, 5) is 0. The number of nitrogens with two attached hydrogens (primary N) is 1. The zero-order valence-electron chi connectivity index (χ0n) is 9.49. The number of rotatable bonds is 4. The topological polar surface area (TPSA) is 59.0 Å². The number of aryl methyl sites for hydroxylation is 1. The lowest BCUT2D eigenvalue weighted by atomic mass is 10.1. The van der Waals surface area contributed by atoms with Crippen molar-refractivity contribution in [2.75, 3.05) is 12.3 Å². The summed E-state index contributed by atoms with van der Waals surface area (Å²) in [5, 5.41) is 8.70. The summed E-state index contributed by atoms with van der Waals surface area (Å²) in [5.41, 5.74) is 7.76. The van der Waals surface area contributed by atoms with Gasteiger partial charge in [0.05, 0.1) is 18.4 Å². The lowest BCUT2D eigenvalue weighted by Crippen LogP contribution is -2.13. The number of ether oxygens (including phenoxy) is 1. The first-order chi connectivity index (χ1) is 7.65. The quantitative estimate of drug-likeness (QED) is 0.787. The molecule has 0 atom stereocenters. The molecule has 1 aliphatic rings. The molecule has 3 heteroatoms. The van der Waals surface area contributed by atoms with E-state index in [4.69, 9.17) is 15.7 Å². The van der Waals surface area contributed by atoms with Gasteiger partial charge in [0.15, 0.2) is 0 Å². The third-order valence-electron chi connectivity index (χ3n) is 3.11. The van der Waals surface area contributed by atoms with Crippen LogP contribution in [0.5, 0.6) is 5.75 Å². The summed E-state index contributed by atoms with van der Waals surface area (Å²) in [6.07, 6.45) is 2.76. The monoisotopic (exact) mass is 216 g/mol. The van der Waals surface area contributed by atoms with E-state index >= 15 is 0 Å². The van der Waals surface area contributed by atoms with Crippen LogP contribution in [-0.4, -0.2) is 6.61 Å². The van der Waals surface area contributed by atoms with Gasteiger partial charge in [0, 0.05) is 11.8 Å². The van der Waals surface area contributed by atoms with Crippen molar-refractivity contribution >= 4 is 5.69 Å². The average Bonchev–Trinajstić information content (AvgIpc) is 2.98. The molecule has 84 valence electrons. The van der Waals surface area contributed by atoms with Gasteiger partial charge in [0.25, 0.3) is 0 Å². The van der Waals surface area contributed by atoms with Crippen molar-refractivity contribution in [3.8, 4) is 11.8 Å². The van der Waals surface area contributed by atoms with Gasteiger partial charge in [-0.3, -0.25) is 0 Å². The Morgan fingerprint density at radius 1 is 1.50 bits per heavy atom. The van der Waals surface area contributed by atoms with Gasteiger partial charge in [-0.25, -0.2) is 0 Å². The molecule has 16 heavy (non-hydrogen) atoms. The van der Waals surface area contributed by atoms with Crippen molar-refractivity contribution < 1.29 is 4.74 Å². The number of hydrogen-bond acceptors (Lipinski definition) is 3. The average molecular weight is 216 g/mol. The molecular formula is C13H16N2O. The second-order valence-electron chi connectivity index (χ2n) is 4.66. The SMILES string of the molecule is Cc1ccc(OCC2(CC#N)CC2)c(N)c1. The summed E-state index contributed by atoms with van der Waals surface area (Å²) in [6.45, 7) is 2.60. The molecule has 0 spiro atoms. The van der Waals surface area contributed by atoms with Crippen molar-refractivity contribution in [1.29, 1.82) is 5.26 Å². The molecular weight excluding hydrogens is 200 g/mol. The third-order valence-corrected chi connectivity index (χ3v) is 3.11. The standard InChI is InChI=1S/C13H16N2O/c1-10-2-3-12(11(15)8-10)16-9-13(4-5-13)6-7-14/h2-3,8H,4-6,9,15H2,1H3. The second-order valence-corrected chi connectivity index (χ2v) is 4.66. The minimum Gasteiger partial charge on any atom is -0.491 e. The van der Waals surface area contributed by atoms with Crippen LogP contribution in [0, 0.1) is 23.7 Å². The highest BCUT2D eigenvalue weighted by Crippen LogP contribution is 2.48. The summed E-state index contributed by atoms with van der Waals surface area (Å²) in [7, 11) is 0. The van der Waals surface area contributed by atoms with Gasteiger partial charge in [-0.2, -0.15) is 5.26 Å². The van der Waals surface area contributed by atoms with E-state index in [-0.39, 0.29) is 5.41 Å². The fraction of sp³-hybridized carbons (Fsp3) is 0.462. The highest BCUT2D eigenvalue weighted by Gasteiger charge is 2.43. The molecule has 1 aliphatic carbocycles. The van der Waals surface area contributed by atoms with E-state index in [0.717, 1.165) is 24.2 Å². The van der Waals surface area contributed by atoms with Gasteiger partial charge < -0.3 is 10.5 Å². The lowest BCUT2D eigenvalue weighted by molar-refractivity contribution is 0.238. The zero-order chi connectivity index (χ0) is 11.6. The largest absolute Gasteiger partial charge is 0.491 e. The zero-order valence-corrected chi connectivity index (χ0v) is 9.49. The highest BCUT2D eigenvalue weighted by atomic mass is 16.5. The van der Waals surface area contributed by atoms with Crippen molar-refractivity contribution in [2.45, 2.75) is 26.2 Å². The van der Waals surface area contributed by atoms with Gasteiger partial charge in [0.2, 0.25) is 0 Å². The summed E-state index contributed by atoms with van der Waals surface area (Å²) in [5.74, 6) is 0.731. The molecule has 1 fully saturated rings. The number of benzene rings is 1. The Labute approximate surface area is 95.8 Å². The van der Waals surface area contributed by atoms with Crippen molar-refractivity contribution in [3.63, 3.8) is 0 Å². The molecule has 1 saturated carbocycles. The highest BCUT2D eigenvalue weighted by molar-refractivity contribution is 5.54. The van der Waals surface area contributed by atoms with E-state index in [2.05, 4.69) is 6.07 Å². The third kappa shape index (κ3) is 2.27. The minimum absolute atomic E-state index is 0.103. The van der Waals surface area contributed by atoms with Crippen molar-refractivity contribution in [3.05, 3.63) is 23.8 Å². The molecule has 1 aromatic rings. The van der Waals surface area contributed by atoms with E-state index in [1.54, 1.807) is 0 Å². The molecule has 0 aromatic heterocycles. The Morgan fingerprint density at radius 2 is 2.25 bits per heavy atom. The summed E-state index contributed by atoms with van der Waals surface area (Å²) < 4.78 is 5.70. The predicted octanol–water partition coefficient (Wildman–Crippen LogP) is 2.65. The van der Waals surface area contributed by atoms with Gasteiger partial charge >= 0.3 is 0 Å². The first kappa shape index (κ1) is 10.8. The Hall–Kier alpha value is -1.69. The van der Waals surface area contributed by atoms with Crippen LogP contribution in [0.15, 0.2) is 18.2 Å². The molecule has 0 amide bonds. The van der Waals surface area contributed by atoms with Crippen LogP contribution < -0.4 is 10.5 Å². The number of nitrogens with zero attached hydrogens (tertiary/aromatic N) is 1. The van der Waals surface area contributed by atoms with Gasteiger partial charge in [-0.15, -0.1) is 0 Å². The molecule has 0 heterocycles. The van der Waals surface area contributed by atoms with E-state index in [1.165, 1.54) is 0 Å². The van der Waals surface area contributed by atoms with Crippen LogP contribution in [0.4, 0.5) is 5.69 Å². The maximum absolute atomic E-state index is 8.70. The Bertz CT molecular complexity index is 430. The van der Waals surface area contributed by atoms with E-state index in [0.29, 0.717) is 18.7 Å². The Balaban J connectivity index is 1.98. The van der Waals surface area contributed by atoms with Crippen LogP contribution in [0.1, 0.15) is 24.8 Å². The fourth-order valence-corrected chi connectivity index (χ4v) is 1.75. The van der Waals surface area contributed by atoms with Gasteiger partial charge in [0.1, 0.15) is 5.75 Å². The normalized spacial score (nSPS) is 16.5. The number of anilines is 1. The van der Waals surface area contributed by atoms with Gasteiger partial charge in [-0.1, -0.05) is 6.07 Å². The minimum atomic E-state index is 0.103. The summed E-state index contributed by atoms with van der Waals surface area (Å²) in [6, 6.07) is 8.00. The van der Waals surface area contributed by atoms with Crippen LogP contribution in [0.2, 0.25) is 0 Å². The molecule has 0 saturated heterocycles. The number of nitrogen functional groups attached to an aromatic ring is 1. The van der Waals surface area contributed by atoms with Gasteiger partial charge in [-0.05, 0) is 37.5 Å². The Morgan fingerprint density at radius 3 is 2.81 bits per heavy atom. The smallest absolute Gasteiger partial charge is 0.142 e. The predicted molar refractivity (Wildman–Crippen MR) is 63.0 cm³/mol. The molecule has 0 radical (unpaired) electrons. The maximum atomic E-state index is 8.70. The van der Waals surface area contributed by atoms with Crippen LogP contribution in [0.3, 0.4) is 0 Å². The molecule has 0 aliphatic heterocycles. The fourth-order valence-electron chi connectivity index (χ4n) is 1.75. The van der Waals surface area contributed by atoms with E-state index in [9.17, 15) is 0 Å². The van der Waals surface area contributed by atoms with Crippen LogP contribution >= 0.6 is 0 Å². The maximum Gasteiger partial charge on any atom is 0.142 e. The molecule has 0 bridgehead atoms. The number of hydrogen-bond donors (Lipinski definition) is 1. The first-order valence-electron chi connectivity index (χ1n) is 5.51. The molecule has 2 rings (SSSR count). The van der Waals surface area contributed by atoms with Crippen LogP contribution in [0.25, 0.3) is 0 Å². The van der Waals surface area contributed by atoms with Crippen molar-refractivity contribution in [1.82, 2.24) is 0 Å². The molecule has 1 aromatic carbocycles. The first-order valence-corrected chi connectivity index (χ1v) is 5.51. The second kappa shape index (κ2) is 4.05. The summed E-state index contributed by atoms with van der Waals surface area (Å²) >= 11 is 0. The van der Waals surface area contributed by atoms with Crippen molar-refractivity contribution in [2.24, 2.45) is 5.41 Å². The Kier molecular flexibility index (Phi) is 2.74. The molecule has 3 nitrogen and oxygen atoms in total. The molecule has 2 N–H and O–H groups in total. The lowest BCUT2D eigenvalue weighted by Gasteiger charge is -2.14. The van der Waals surface area contributed by atoms with Crippen LogP contribution in [-0.2, 0) is 0 Å². The number of nitriles is 1. The van der Waals surface area contributed by atoms with E-state index < -0.39 is 0 Å². The molecule has 0 unspecified atom stereocenters.